The third-order valence-corrected chi connectivity index (χ3v) is 3.59. The predicted octanol–water partition coefficient (Wildman–Crippen LogP) is 3.28. The van der Waals surface area contributed by atoms with Crippen LogP contribution in [0, 0.1) is 0 Å². The summed E-state index contributed by atoms with van der Waals surface area (Å²) in [6.45, 7) is 15.4. The highest BCUT2D eigenvalue weighted by atomic mass is 16.6. The van der Waals surface area contributed by atoms with Gasteiger partial charge in [0, 0.05) is 19.1 Å². The summed E-state index contributed by atoms with van der Waals surface area (Å²) in [5.74, 6) is 0. The van der Waals surface area contributed by atoms with Gasteiger partial charge in [-0.25, -0.2) is 4.79 Å². The fraction of sp³-hybridized carbons (Fsp3) is 0.812. The number of likely N-dealkylation sites (N-methyl/N-ethyl adjacent to an activating group) is 1. The van der Waals surface area contributed by atoms with Crippen molar-refractivity contribution in [2.45, 2.75) is 58.6 Å². The van der Waals surface area contributed by atoms with E-state index in [2.05, 4.69) is 18.4 Å². The van der Waals surface area contributed by atoms with Crippen LogP contribution in [0.2, 0.25) is 0 Å². The van der Waals surface area contributed by atoms with Crippen LogP contribution in [0.3, 0.4) is 0 Å². The molecule has 4 nitrogen and oxygen atoms in total. The molecular formula is C16H30N2O2. The van der Waals surface area contributed by atoms with Crippen molar-refractivity contribution in [3.63, 3.8) is 0 Å². The quantitative estimate of drug-likeness (QED) is 0.553. The van der Waals surface area contributed by atoms with Crippen molar-refractivity contribution >= 4 is 6.09 Å². The number of nitrogens with zero attached hydrogens (tertiary/aromatic N) is 2. The summed E-state index contributed by atoms with van der Waals surface area (Å²) in [5, 5.41) is 0. The van der Waals surface area contributed by atoms with Crippen molar-refractivity contribution in [2.75, 3.05) is 26.2 Å². The van der Waals surface area contributed by atoms with E-state index in [1.54, 1.807) is 0 Å². The third kappa shape index (κ3) is 5.53. The topological polar surface area (TPSA) is 32.8 Å². The number of ether oxygens (including phenoxy) is 1. The van der Waals surface area contributed by atoms with E-state index < -0.39 is 5.60 Å². The van der Waals surface area contributed by atoms with Crippen LogP contribution < -0.4 is 0 Å². The first-order valence-corrected chi connectivity index (χ1v) is 7.70. The molecular weight excluding hydrogens is 252 g/mol. The van der Waals surface area contributed by atoms with Crippen molar-refractivity contribution in [1.29, 1.82) is 0 Å². The Morgan fingerprint density at radius 2 is 2.20 bits per heavy atom. The first-order chi connectivity index (χ1) is 9.37. The number of hydrogen-bond donors (Lipinski definition) is 0. The molecule has 0 radical (unpaired) electrons. The zero-order valence-electron chi connectivity index (χ0n) is 13.5. The molecule has 116 valence electrons. The molecule has 0 spiro atoms. The van der Waals surface area contributed by atoms with Gasteiger partial charge in [0.25, 0.3) is 0 Å². The van der Waals surface area contributed by atoms with Crippen molar-refractivity contribution in [3.8, 4) is 0 Å². The molecule has 4 heteroatoms. The third-order valence-electron chi connectivity index (χ3n) is 3.59. The molecule has 1 heterocycles. The lowest BCUT2D eigenvalue weighted by atomic mass is 10.2. The summed E-state index contributed by atoms with van der Waals surface area (Å²) in [6.07, 6.45) is 5.03. The molecule has 1 atom stereocenters. The lowest BCUT2D eigenvalue weighted by Crippen LogP contribution is -2.40. The maximum atomic E-state index is 12.0. The van der Waals surface area contributed by atoms with E-state index >= 15 is 0 Å². The Kier molecular flexibility index (Phi) is 6.53. The number of amides is 1. The van der Waals surface area contributed by atoms with Gasteiger partial charge in [-0.2, -0.15) is 0 Å². The van der Waals surface area contributed by atoms with Crippen LogP contribution >= 0.6 is 0 Å². The molecule has 1 amide bonds. The molecule has 0 N–H and O–H groups in total. The highest BCUT2D eigenvalue weighted by Gasteiger charge is 2.32. The van der Waals surface area contributed by atoms with E-state index in [9.17, 15) is 4.79 Å². The molecule has 1 saturated heterocycles. The summed E-state index contributed by atoms with van der Waals surface area (Å²) in [6, 6.07) is 0.470. The predicted molar refractivity (Wildman–Crippen MR) is 82.9 cm³/mol. The van der Waals surface area contributed by atoms with Crippen LogP contribution in [0.15, 0.2) is 12.7 Å². The SMILES string of the molecule is C=CCCCN(CC)[C@@H]1CCN(C(=O)OC(C)(C)C)C1. The molecule has 1 aliphatic rings. The van der Waals surface area contributed by atoms with Crippen molar-refractivity contribution in [3.05, 3.63) is 12.7 Å². The van der Waals surface area contributed by atoms with Crippen molar-refractivity contribution in [2.24, 2.45) is 0 Å². The van der Waals surface area contributed by atoms with Crippen molar-refractivity contribution in [1.82, 2.24) is 9.80 Å². The summed E-state index contributed by atoms with van der Waals surface area (Å²) >= 11 is 0. The average molecular weight is 282 g/mol. The maximum Gasteiger partial charge on any atom is 0.410 e. The number of hydrogen-bond acceptors (Lipinski definition) is 3. The van der Waals surface area contributed by atoms with E-state index in [4.69, 9.17) is 4.74 Å². The van der Waals surface area contributed by atoms with E-state index in [1.807, 2.05) is 31.7 Å². The van der Waals surface area contributed by atoms with Gasteiger partial charge < -0.3 is 9.64 Å². The molecule has 20 heavy (non-hydrogen) atoms. The summed E-state index contributed by atoms with van der Waals surface area (Å²) in [4.78, 5) is 16.4. The highest BCUT2D eigenvalue weighted by Crippen LogP contribution is 2.19. The molecule has 0 aliphatic carbocycles. The Morgan fingerprint density at radius 1 is 1.50 bits per heavy atom. The monoisotopic (exact) mass is 282 g/mol. The fourth-order valence-corrected chi connectivity index (χ4v) is 2.57. The fourth-order valence-electron chi connectivity index (χ4n) is 2.57. The van der Waals surface area contributed by atoms with Crippen LogP contribution in [0.4, 0.5) is 4.79 Å². The van der Waals surface area contributed by atoms with Crippen LogP contribution in [0.25, 0.3) is 0 Å². The smallest absolute Gasteiger partial charge is 0.410 e. The number of likely N-dealkylation sites (tertiary alicyclic amines) is 1. The number of carbonyl (C=O) groups is 1. The van der Waals surface area contributed by atoms with E-state index in [0.29, 0.717) is 6.04 Å². The molecule has 1 rings (SSSR count). The number of carbonyl (C=O) groups excluding carboxylic acids is 1. The van der Waals surface area contributed by atoms with Crippen molar-refractivity contribution < 1.29 is 9.53 Å². The second-order valence-corrected chi connectivity index (χ2v) is 6.43. The lowest BCUT2D eigenvalue weighted by Gasteiger charge is -2.28. The maximum absolute atomic E-state index is 12.0. The Balaban J connectivity index is 2.44. The Morgan fingerprint density at radius 3 is 2.75 bits per heavy atom. The molecule has 0 aromatic rings. The van der Waals surface area contributed by atoms with Crippen LogP contribution in [-0.4, -0.2) is 53.7 Å². The largest absolute Gasteiger partial charge is 0.444 e. The molecule has 1 aliphatic heterocycles. The molecule has 0 saturated carbocycles. The van der Waals surface area contributed by atoms with Crippen LogP contribution in [0.5, 0.6) is 0 Å². The average Bonchev–Trinajstić information content (AvgIpc) is 2.82. The molecule has 0 unspecified atom stereocenters. The first-order valence-electron chi connectivity index (χ1n) is 7.70. The highest BCUT2D eigenvalue weighted by molar-refractivity contribution is 5.68. The minimum Gasteiger partial charge on any atom is -0.444 e. The summed E-state index contributed by atoms with van der Waals surface area (Å²) in [5.41, 5.74) is -0.413. The standard InChI is InChI=1S/C16H30N2O2/c1-6-8-9-11-17(7-2)14-10-12-18(13-14)15(19)20-16(3,4)5/h6,14H,1,7-13H2,2-5H3/t14-/m1/s1. The van der Waals surface area contributed by atoms with E-state index in [-0.39, 0.29) is 6.09 Å². The van der Waals surface area contributed by atoms with Gasteiger partial charge in [-0.3, -0.25) is 4.90 Å². The lowest BCUT2D eigenvalue weighted by molar-refractivity contribution is 0.0280. The summed E-state index contributed by atoms with van der Waals surface area (Å²) in [7, 11) is 0. The number of allylic oxidation sites excluding steroid dienone is 1. The minimum absolute atomic E-state index is 0.179. The molecule has 1 fully saturated rings. The summed E-state index contributed by atoms with van der Waals surface area (Å²) < 4.78 is 5.44. The first kappa shape index (κ1) is 17.0. The van der Waals surface area contributed by atoms with Gasteiger partial charge in [0.2, 0.25) is 0 Å². The Labute approximate surface area is 123 Å². The zero-order valence-corrected chi connectivity index (χ0v) is 13.5. The van der Waals surface area contributed by atoms with Gasteiger partial charge in [0.05, 0.1) is 0 Å². The Bertz CT molecular complexity index is 323. The van der Waals surface area contributed by atoms with E-state index in [0.717, 1.165) is 45.4 Å². The van der Waals surface area contributed by atoms with Crippen LogP contribution in [-0.2, 0) is 4.74 Å². The number of unbranched alkanes of at least 4 members (excludes halogenated alkanes) is 1. The number of rotatable bonds is 6. The Hall–Kier alpha value is -1.03. The van der Waals surface area contributed by atoms with Gasteiger partial charge in [-0.15, -0.1) is 6.58 Å². The molecule has 0 bridgehead atoms. The second-order valence-electron chi connectivity index (χ2n) is 6.43. The minimum atomic E-state index is -0.413. The van der Waals surface area contributed by atoms with Gasteiger partial charge in [0.1, 0.15) is 5.60 Å². The van der Waals surface area contributed by atoms with Gasteiger partial charge in [-0.1, -0.05) is 13.0 Å². The second kappa shape index (κ2) is 7.67. The van der Waals surface area contributed by atoms with Crippen LogP contribution in [0.1, 0.15) is 47.0 Å². The van der Waals surface area contributed by atoms with Gasteiger partial charge >= 0.3 is 6.09 Å². The molecule has 0 aromatic heterocycles. The van der Waals surface area contributed by atoms with E-state index in [1.165, 1.54) is 0 Å². The van der Waals surface area contributed by atoms with Gasteiger partial charge in [0.15, 0.2) is 0 Å². The zero-order chi connectivity index (χ0) is 15.2. The molecule has 0 aromatic carbocycles. The van der Waals surface area contributed by atoms with Gasteiger partial charge in [-0.05, 0) is 53.1 Å². The normalized spacial score (nSPS) is 19.4.